The van der Waals surface area contributed by atoms with Crippen molar-refractivity contribution in [2.45, 2.75) is 11.6 Å². The predicted octanol–water partition coefficient (Wildman–Crippen LogP) is 5.61. The number of hydrogen-bond acceptors (Lipinski definition) is 4. The lowest BCUT2D eigenvalue weighted by atomic mass is 10.0. The van der Waals surface area contributed by atoms with Gasteiger partial charge in [0.05, 0.1) is 17.0 Å². The molecule has 32 heavy (non-hydrogen) atoms. The Hall–Kier alpha value is -3.35. The Labute approximate surface area is 194 Å². The van der Waals surface area contributed by atoms with E-state index < -0.39 is 0 Å². The van der Waals surface area contributed by atoms with Crippen LogP contribution in [0.5, 0.6) is 0 Å². The van der Waals surface area contributed by atoms with Gasteiger partial charge in [-0.05, 0) is 34.5 Å². The van der Waals surface area contributed by atoms with E-state index in [0.717, 1.165) is 32.7 Å². The number of nitrogens with zero attached hydrogens (tertiary/aromatic N) is 3. The molecule has 0 radical (unpaired) electrons. The first-order valence-corrected chi connectivity index (χ1v) is 11.5. The lowest BCUT2D eigenvalue weighted by Crippen LogP contribution is -2.24. The summed E-state index contributed by atoms with van der Waals surface area (Å²) in [5.74, 6) is 0.220. The molecule has 7 heteroatoms. The topological polar surface area (TPSA) is 59.3 Å². The Morgan fingerprint density at radius 3 is 2.72 bits per heavy atom. The zero-order valence-electron chi connectivity index (χ0n) is 17.0. The first kappa shape index (κ1) is 20.5. The van der Waals surface area contributed by atoms with Crippen molar-refractivity contribution >= 4 is 45.6 Å². The van der Waals surface area contributed by atoms with Gasteiger partial charge < -0.3 is 5.32 Å². The van der Waals surface area contributed by atoms with Gasteiger partial charge in [-0.3, -0.25) is 4.79 Å². The largest absolute Gasteiger partial charge is 0.351 e. The minimum atomic E-state index is -0.0532. The van der Waals surface area contributed by atoms with Crippen LogP contribution < -0.4 is 5.32 Å². The first-order valence-electron chi connectivity index (χ1n) is 10.1. The molecule has 1 amide bonds. The molecular weight excluding hydrogens is 440 g/mol. The maximum Gasteiger partial charge on any atom is 0.230 e. The molecule has 0 atom stereocenters. The molecule has 0 fully saturated rings. The molecule has 5 rings (SSSR count). The zero-order chi connectivity index (χ0) is 21.9. The minimum absolute atomic E-state index is 0.0532. The number of carbonyl (C=O) groups is 1. The minimum Gasteiger partial charge on any atom is -0.351 e. The van der Waals surface area contributed by atoms with Crippen molar-refractivity contribution in [2.75, 3.05) is 5.75 Å². The summed E-state index contributed by atoms with van der Waals surface area (Å²) in [5.41, 5.74) is 3.83. The SMILES string of the molecule is O=C(CSc1nccn2nc(-c3cccc4ccccc34)cc12)NCc1ccc(Cl)cc1. The van der Waals surface area contributed by atoms with Crippen molar-refractivity contribution in [2.24, 2.45) is 0 Å². The predicted molar refractivity (Wildman–Crippen MR) is 130 cm³/mol. The monoisotopic (exact) mass is 458 g/mol. The summed E-state index contributed by atoms with van der Waals surface area (Å²) in [6, 6.07) is 24.0. The summed E-state index contributed by atoms with van der Waals surface area (Å²) < 4.78 is 1.82. The average molecular weight is 459 g/mol. The number of rotatable bonds is 6. The molecule has 0 saturated heterocycles. The van der Waals surface area contributed by atoms with Crippen LogP contribution in [0.4, 0.5) is 0 Å². The highest BCUT2D eigenvalue weighted by atomic mass is 35.5. The summed E-state index contributed by atoms with van der Waals surface area (Å²) in [6.45, 7) is 0.464. The van der Waals surface area contributed by atoms with Crippen LogP contribution in [0.15, 0.2) is 90.2 Å². The summed E-state index contributed by atoms with van der Waals surface area (Å²) in [7, 11) is 0. The van der Waals surface area contributed by atoms with E-state index >= 15 is 0 Å². The van der Waals surface area contributed by atoms with E-state index in [1.165, 1.54) is 17.1 Å². The number of amides is 1. The Kier molecular flexibility index (Phi) is 5.79. The zero-order valence-corrected chi connectivity index (χ0v) is 18.6. The molecule has 158 valence electrons. The van der Waals surface area contributed by atoms with E-state index in [9.17, 15) is 4.79 Å². The summed E-state index contributed by atoms with van der Waals surface area (Å²) >= 11 is 7.31. The van der Waals surface area contributed by atoms with Crippen LogP contribution >= 0.6 is 23.4 Å². The highest BCUT2D eigenvalue weighted by molar-refractivity contribution is 8.00. The highest BCUT2D eigenvalue weighted by Crippen LogP contribution is 2.30. The highest BCUT2D eigenvalue weighted by Gasteiger charge is 2.13. The molecule has 1 N–H and O–H groups in total. The number of aromatic nitrogens is 3. The third kappa shape index (κ3) is 4.33. The number of halogens is 1. The molecule has 0 spiro atoms. The first-order chi connectivity index (χ1) is 15.7. The lowest BCUT2D eigenvalue weighted by Gasteiger charge is -2.06. The van der Waals surface area contributed by atoms with E-state index in [4.69, 9.17) is 16.7 Å². The van der Waals surface area contributed by atoms with Crippen LogP contribution in [0.25, 0.3) is 27.5 Å². The van der Waals surface area contributed by atoms with Crippen LogP contribution in [0.3, 0.4) is 0 Å². The van der Waals surface area contributed by atoms with Gasteiger partial charge in [0, 0.05) is 29.5 Å². The van der Waals surface area contributed by atoms with E-state index in [2.05, 4.69) is 34.6 Å². The van der Waals surface area contributed by atoms with Gasteiger partial charge in [0.1, 0.15) is 5.03 Å². The van der Waals surface area contributed by atoms with Crippen molar-refractivity contribution in [3.63, 3.8) is 0 Å². The molecule has 3 aromatic carbocycles. The van der Waals surface area contributed by atoms with Crippen LogP contribution in [-0.4, -0.2) is 26.3 Å². The Morgan fingerprint density at radius 1 is 1.03 bits per heavy atom. The quantitative estimate of drug-likeness (QED) is 0.336. The fourth-order valence-corrected chi connectivity index (χ4v) is 4.51. The molecule has 5 nitrogen and oxygen atoms in total. The Bertz CT molecular complexity index is 1410. The average Bonchev–Trinajstić information content (AvgIpc) is 3.27. The number of hydrogen-bond donors (Lipinski definition) is 1. The third-order valence-corrected chi connectivity index (χ3v) is 6.41. The Morgan fingerprint density at radius 2 is 1.84 bits per heavy atom. The van der Waals surface area contributed by atoms with E-state index in [0.29, 0.717) is 11.6 Å². The molecule has 0 saturated carbocycles. The van der Waals surface area contributed by atoms with Gasteiger partial charge in [0.2, 0.25) is 5.91 Å². The van der Waals surface area contributed by atoms with Gasteiger partial charge in [0.25, 0.3) is 0 Å². The summed E-state index contributed by atoms with van der Waals surface area (Å²) in [4.78, 5) is 16.8. The van der Waals surface area contributed by atoms with Gasteiger partial charge in [-0.1, -0.05) is 78.0 Å². The van der Waals surface area contributed by atoms with Crippen LogP contribution in [-0.2, 0) is 11.3 Å². The van der Waals surface area contributed by atoms with Crippen molar-refractivity contribution in [3.05, 3.63) is 95.8 Å². The molecular formula is C25H19ClN4OS. The lowest BCUT2D eigenvalue weighted by molar-refractivity contribution is -0.118. The van der Waals surface area contributed by atoms with Crippen LogP contribution in [0.1, 0.15) is 5.56 Å². The van der Waals surface area contributed by atoms with Crippen LogP contribution in [0.2, 0.25) is 5.02 Å². The van der Waals surface area contributed by atoms with Gasteiger partial charge in [-0.25, -0.2) is 9.50 Å². The molecule has 0 bridgehead atoms. The van der Waals surface area contributed by atoms with E-state index in [1.54, 1.807) is 6.20 Å². The van der Waals surface area contributed by atoms with E-state index in [-0.39, 0.29) is 11.7 Å². The van der Waals surface area contributed by atoms with Crippen molar-refractivity contribution < 1.29 is 4.79 Å². The summed E-state index contributed by atoms with van der Waals surface area (Å²) in [5, 5.41) is 11.5. The second-order valence-corrected chi connectivity index (χ2v) is 8.71. The van der Waals surface area contributed by atoms with Crippen molar-refractivity contribution in [1.82, 2.24) is 19.9 Å². The number of thioether (sulfide) groups is 1. The number of nitrogens with one attached hydrogen (secondary N) is 1. The molecule has 5 aromatic rings. The summed E-state index contributed by atoms with van der Waals surface area (Å²) in [6.07, 6.45) is 3.54. The van der Waals surface area contributed by atoms with Gasteiger partial charge in [0.15, 0.2) is 0 Å². The smallest absolute Gasteiger partial charge is 0.230 e. The molecule has 2 aromatic heterocycles. The molecule has 2 heterocycles. The maximum atomic E-state index is 12.4. The standard InChI is InChI=1S/C25H19ClN4OS/c26-19-10-8-17(9-11-19)15-28-24(31)16-32-25-23-14-22(29-30(23)13-12-27-25)21-7-3-5-18-4-1-2-6-20(18)21/h1-14H,15-16H2,(H,28,31). The van der Waals surface area contributed by atoms with E-state index in [1.807, 2.05) is 59.2 Å². The number of fused-ring (bicyclic) bond motifs is 2. The van der Waals surface area contributed by atoms with Gasteiger partial charge >= 0.3 is 0 Å². The molecule has 0 aliphatic carbocycles. The van der Waals surface area contributed by atoms with Gasteiger partial charge in [-0.2, -0.15) is 5.10 Å². The Balaban J connectivity index is 1.33. The second kappa shape index (κ2) is 9.02. The van der Waals surface area contributed by atoms with Crippen molar-refractivity contribution in [1.29, 1.82) is 0 Å². The maximum absolute atomic E-state index is 12.4. The van der Waals surface area contributed by atoms with Crippen molar-refractivity contribution in [3.8, 4) is 11.3 Å². The molecule has 0 aliphatic rings. The fourth-order valence-electron chi connectivity index (χ4n) is 3.58. The van der Waals surface area contributed by atoms with Crippen LogP contribution in [0, 0.1) is 0 Å². The number of benzene rings is 3. The third-order valence-electron chi connectivity index (χ3n) is 5.16. The second-order valence-electron chi connectivity index (χ2n) is 7.31. The fraction of sp³-hybridized carbons (Fsp3) is 0.0800. The van der Waals surface area contributed by atoms with Gasteiger partial charge in [-0.15, -0.1) is 0 Å². The molecule has 0 aliphatic heterocycles. The molecule has 0 unspecified atom stereocenters. The normalized spacial score (nSPS) is 11.2. The number of carbonyl (C=O) groups excluding carboxylic acids is 1.